The standard InChI is InChI=1S/C14H22ClN5O/c1-4-7-16-12(21)6-8-20-11(9-15)17-13-10(5-2)18-19(3)14(13)20/h4-9H2,1-3H3,(H,16,21). The molecule has 21 heavy (non-hydrogen) atoms. The number of carbonyl (C=O) groups excluding carboxylic acids is 1. The Kier molecular flexibility index (Phi) is 5.22. The second kappa shape index (κ2) is 6.93. The average molecular weight is 312 g/mol. The third kappa shape index (κ3) is 3.20. The van der Waals surface area contributed by atoms with Crippen molar-refractivity contribution < 1.29 is 4.79 Å². The van der Waals surface area contributed by atoms with E-state index in [1.54, 1.807) is 0 Å². The lowest BCUT2D eigenvalue weighted by molar-refractivity contribution is -0.121. The number of carbonyl (C=O) groups is 1. The highest BCUT2D eigenvalue weighted by molar-refractivity contribution is 6.16. The molecule has 0 unspecified atom stereocenters. The SMILES string of the molecule is CCCNC(=O)CCn1c(CCl)nc2c(CC)nn(C)c21. The minimum atomic E-state index is 0.0529. The zero-order valence-corrected chi connectivity index (χ0v) is 13.6. The van der Waals surface area contributed by atoms with E-state index in [1.807, 2.05) is 23.2 Å². The zero-order valence-electron chi connectivity index (χ0n) is 12.8. The van der Waals surface area contributed by atoms with Gasteiger partial charge in [-0.3, -0.25) is 9.48 Å². The van der Waals surface area contributed by atoms with Crippen LogP contribution in [-0.2, 0) is 30.7 Å². The Morgan fingerprint density at radius 2 is 2.14 bits per heavy atom. The first-order chi connectivity index (χ1) is 10.1. The molecule has 0 fully saturated rings. The molecule has 7 heteroatoms. The van der Waals surface area contributed by atoms with Crippen molar-refractivity contribution in [2.75, 3.05) is 6.54 Å². The molecule has 0 aliphatic carbocycles. The molecule has 0 aliphatic rings. The number of hydrogen-bond acceptors (Lipinski definition) is 3. The Balaban J connectivity index is 2.25. The summed E-state index contributed by atoms with van der Waals surface area (Å²) >= 11 is 5.99. The number of hydrogen-bond donors (Lipinski definition) is 1. The Hall–Kier alpha value is -1.56. The Bertz CT molecular complexity index is 631. The summed E-state index contributed by atoms with van der Waals surface area (Å²) in [7, 11) is 1.90. The second-order valence-corrected chi connectivity index (χ2v) is 5.28. The number of alkyl halides is 1. The molecule has 0 atom stereocenters. The molecule has 1 N–H and O–H groups in total. The number of halogens is 1. The average Bonchev–Trinajstić information content (AvgIpc) is 3.00. The molecule has 2 heterocycles. The third-order valence-corrected chi connectivity index (χ3v) is 3.70. The first-order valence-electron chi connectivity index (χ1n) is 7.35. The van der Waals surface area contributed by atoms with Gasteiger partial charge in [-0.2, -0.15) is 5.10 Å². The van der Waals surface area contributed by atoms with Crippen LogP contribution < -0.4 is 5.32 Å². The van der Waals surface area contributed by atoms with Crippen molar-refractivity contribution in [2.24, 2.45) is 7.05 Å². The van der Waals surface area contributed by atoms with Crippen molar-refractivity contribution >= 4 is 28.7 Å². The summed E-state index contributed by atoms with van der Waals surface area (Å²) in [6.45, 7) is 5.37. The maximum atomic E-state index is 11.8. The van der Waals surface area contributed by atoms with Gasteiger partial charge in [-0.25, -0.2) is 4.98 Å². The molecule has 1 amide bonds. The van der Waals surface area contributed by atoms with E-state index in [1.165, 1.54) is 0 Å². The molecule has 0 bridgehead atoms. The van der Waals surface area contributed by atoms with E-state index in [-0.39, 0.29) is 5.91 Å². The van der Waals surface area contributed by atoms with Crippen molar-refractivity contribution in [2.45, 2.75) is 45.5 Å². The highest BCUT2D eigenvalue weighted by Crippen LogP contribution is 2.21. The predicted octanol–water partition coefficient (Wildman–Crippen LogP) is 1.99. The van der Waals surface area contributed by atoms with E-state index in [4.69, 9.17) is 11.6 Å². The quantitative estimate of drug-likeness (QED) is 0.795. The van der Waals surface area contributed by atoms with Crippen LogP contribution in [0.3, 0.4) is 0 Å². The summed E-state index contributed by atoms with van der Waals surface area (Å²) in [4.78, 5) is 16.4. The number of rotatable bonds is 7. The van der Waals surface area contributed by atoms with Gasteiger partial charge in [0.05, 0.1) is 11.6 Å². The second-order valence-electron chi connectivity index (χ2n) is 5.01. The van der Waals surface area contributed by atoms with Crippen LogP contribution in [0.15, 0.2) is 0 Å². The monoisotopic (exact) mass is 311 g/mol. The number of imidazole rings is 1. The number of nitrogens with zero attached hydrogens (tertiary/aromatic N) is 4. The fraction of sp³-hybridized carbons (Fsp3) is 0.643. The van der Waals surface area contributed by atoms with Crippen LogP contribution in [0.5, 0.6) is 0 Å². The lowest BCUT2D eigenvalue weighted by Crippen LogP contribution is -2.25. The summed E-state index contributed by atoms with van der Waals surface area (Å²) in [6.07, 6.45) is 2.19. The highest BCUT2D eigenvalue weighted by atomic mass is 35.5. The van der Waals surface area contributed by atoms with Gasteiger partial charge in [-0.1, -0.05) is 13.8 Å². The zero-order chi connectivity index (χ0) is 15.4. The number of aromatic nitrogens is 4. The van der Waals surface area contributed by atoms with Gasteiger partial charge < -0.3 is 9.88 Å². The summed E-state index contributed by atoms with van der Waals surface area (Å²) < 4.78 is 3.82. The van der Waals surface area contributed by atoms with Gasteiger partial charge in [0, 0.05) is 26.6 Å². The highest BCUT2D eigenvalue weighted by Gasteiger charge is 2.18. The van der Waals surface area contributed by atoms with E-state index in [0.717, 1.165) is 35.5 Å². The van der Waals surface area contributed by atoms with Crippen LogP contribution in [0, 0.1) is 0 Å². The fourth-order valence-corrected chi connectivity index (χ4v) is 2.63. The van der Waals surface area contributed by atoms with Crippen LogP contribution >= 0.6 is 11.6 Å². The summed E-state index contributed by atoms with van der Waals surface area (Å²) in [5, 5.41) is 7.35. The Morgan fingerprint density at radius 1 is 1.38 bits per heavy atom. The van der Waals surface area contributed by atoms with Crippen molar-refractivity contribution in [3.8, 4) is 0 Å². The first kappa shape index (κ1) is 15.8. The molecule has 6 nitrogen and oxygen atoms in total. The summed E-state index contributed by atoms with van der Waals surface area (Å²) in [5.74, 6) is 1.17. The summed E-state index contributed by atoms with van der Waals surface area (Å²) in [5.41, 5.74) is 2.79. The van der Waals surface area contributed by atoms with Crippen LogP contribution in [0.2, 0.25) is 0 Å². The van der Waals surface area contributed by atoms with E-state index in [2.05, 4.69) is 22.3 Å². The van der Waals surface area contributed by atoms with Crippen LogP contribution in [0.1, 0.15) is 38.2 Å². The van der Waals surface area contributed by atoms with Crippen molar-refractivity contribution in [1.29, 1.82) is 0 Å². The molecular formula is C14H22ClN5O. The normalized spacial score (nSPS) is 11.2. The molecule has 2 aromatic heterocycles. The van der Waals surface area contributed by atoms with Gasteiger partial charge in [-0.05, 0) is 12.8 Å². The molecule has 0 aliphatic heterocycles. The van der Waals surface area contributed by atoms with E-state index in [0.29, 0.717) is 25.4 Å². The van der Waals surface area contributed by atoms with Gasteiger partial charge in [0.2, 0.25) is 5.91 Å². The number of nitrogens with one attached hydrogen (secondary N) is 1. The van der Waals surface area contributed by atoms with Gasteiger partial charge in [0.1, 0.15) is 11.3 Å². The number of fused-ring (bicyclic) bond motifs is 1. The van der Waals surface area contributed by atoms with E-state index < -0.39 is 0 Å². The van der Waals surface area contributed by atoms with Crippen LogP contribution in [0.4, 0.5) is 0 Å². The van der Waals surface area contributed by atoms with Gasteiger partial charge in [0.25, 0.3) is 0 Å². The lowest BCUT2D eigenvalue weighted by atomic mass is 10.3. The van der Waals surface area contributed by atoms with E-state index in [9.17, 15) is 4.79 Å². The molecule has 2 rings (SSSR count). The number of aryl methyl sites for hydroxylation is 3. The maximum absolute atomic E-state index is 11.8. The minimum Gasteiger partial charge on any atom is -0.356 e. The topological polar surface area (TPSA) is 64.7 Å². The maximum Gasteiger partial charge on any atom is 0.221 e. The predicted molar refractivity (Wildman–Crippen MR) is 83.4 cm³/mol. The first-order valence-corrected chi connectivity index (χ1v) is 7.89. The van der Waals surface area contributed by atoms with Gasteiger partial charge in [-0.15, -0.1) is 11.6 Å². The molecule has 116 valence electrons. The molecular weight excluding hydrogens is 290 g/mol. The Labute approximate surface area is 129 Å². The molecule has 0 saturated carbocycles. The third-order valence-electron chi connectivity index (χ3n) is 3.46. The number of amides is 1. The van der Waals surface area contributed by atoms with Crippen LogP contribution in [0.25, 0.3) is 11.2 Å². The van der Waals surface area contributed by atoms with Gasteiger partial charge >= 0.3 is 0 Å². The van der Waals surface area contributed by atoms with Crippen molar-refractivity contribution in [3.63, 3.8) is 0 Å². The fourth-order valence-electron chi connectivity index (χ4n) is 2.43. The molecule has 0 aromatic carbocycles. The van der Waals surface area contributed by atoms with Crippen molar-refractivity contribution in [1.82, 2.24) is 24.6 Å². The minimum absolute atomic E-state index is 0.0529. The Morgan fingerprint density at radius 3 is 2.76 bits per heavy atom. The lowest BCUT2D eigenvalue weighted by Gasteiger charge is -2.08. The molecule has 0 radical (unpaired) electrons. The molecule has 0 spiro atoms. The van der Waals surface area contributed by atoms with Gasteiger partial charge in [0.15, 0.2) is 5.65 Å². The largest absolute Gasteiger partial charge is 0.356 e. The molecule has 0 saturated heterocycles. The van der Waals surface area contributed by atoms with Crippen LogP contribution in [-0.4, -0.2) is 31.8 Å². The summed E-state index contributed by atoms with van der Waals surface area (Å²) in [6, 6.07) is 0. The van der Waals surface area contributed by atoms with E-state index >= 15 is 0 Å². The molecule has 2 aromatic rings. The van der Waals surface area contributed by atoms with Crippen molar-refractivity contribution in [3.05, 3.63) is 11.5 Å². The smallest absolute Gasteiger partial charge is 0.221 e.